The summed E-state index contributed by atoms with van der Waals surface area (Å²) in [7, 11) is 0. The molecule has 4 heterocycles. The van der Waals surface area contributed by atoms with Gasteiger partial charge >= 0.3 is 0 Å². The Balaban J connectivity index is 1.53. The van der Waals surface area contributed by atoms with Gasteiger partial charge in [-0.2, -0.15) is 0 Å². The van der Waals surface area contributed by atoms with E-state index in [1.807, 2.05) is 0 Å². The van der Waals surface area contributed by atoms with Gasteiger partial charge in [0.15, 0.2) is 17.7 Å². The third kappa shape index (κ3) is 2.93. The summed E-state index contributed by atoms with van der Waals surface area (Å²) in [6.45, 7) is 0.695. The van der Waals surface area contributed by atoms with Crippen LogP contribution in [0, 0.1) is 11.6 Å². The van der Waals surface area contributed by atoms with E-state index >= 15 is 0 Å². The van der Waals surface area contributed by atoms with Gasteiger partial charge in [-0.1, -0.05) is 6.07 Å². The summed E-state index contributed by atoms with van der Waals surface area (Å²) < 4.78 is 34.3. The summed E-state index contributed by atoms with van der Waals surface area (Å²) in [6, 6.07) is 2.66. The summed E-state index contributed by atoms with van der Waals surface area (Å²) in [5.41, 5.74) is -0.938. The van der Waals surface area contributed by atoms with E-state index in [-0.39, 0.29) is 29.4 Å². The van der Waals surface area contributed by atoms with Gasteiger partial charge in [0.05, 0.1) is 12.6 Å². The monoisotopic (exact) mass is 431 g/mol. The van der Waals surface area contributed by atoms with Crippen molar-refractivity contribution in [2.75, 3.05) is 13.2 Å². The van der Waals surface area contributed by atoms with Crippen LogP contribution in [0.5, 0.6) is 5.75 Å². The van der Waals surface area contributed by atoms with Crippen LogP contribution in [0.4, 0.5) is 8.78 Å². The van der Waals surface area contributed by atoms with Crippen molar-refractivity contribution in [2.45, 2.75) is 38.1 Å². The van der Waals surface area contributed by atoms with Crippen molar-refractivity contribution in [3.8, 4) is 5.75 Å². The van der Waals surface area contributed by atoms with Gasteiger partial charge in [0.2, 0.25) is 5.43 Å². The van der Waals surface area contributed by atoms with Crippen molar-refractivity contribution in [3.63, 3.8) is 0 Å². The van der Waals surface area contributed by atoms with Gasteiger partial charge in [0, 0.05) is 30.4 Å². The molecule has 0 bridgehead atoms. The number of pyridine rings is 1. The molecule has 1 aromatic heterocycles. The molecule has 3 aliphatic heterocycles. The van der Waals surface area contributed by atoms with Crippen molar-refractivity contribution in [1.82, 2.24) is 14.8 Å². The molecule has 0 radical (unpaired) electrons. The molecule has 10 heteroatoms. The van der Waals surface area contributed by atoms with E-state index in [1.54, 1.807) is 4.57 Å². The highest BCUT2D eigenvalue weighted by atomic mass is 19.1. The molecule has 8 nitrogen and oxygen atoms in total. The zero-order valence-electron chi connectivity index (χ0n) is 16.4. The minimum atomic E-state index is -0.941. The molecule has 1 aromatic carbocycles. The van der Waals surface area contributed by atoms with Gasteiger partial charge in [0.25, 0.3) is 11.8 Å². The maximum absolute atomic E-state index is 13.9. The zero-order chi connectivity index (χ0) is 21.9. The number of carbonyl (C=O) groups excluding carboxylic acids is 2. The normalized spacial score (nSPS) is 21.6. The average Bonchev–Trinajstić information content (AvgIpc) is 3.18. The Labute approximate surface area is 175 Å². The zero-order valence-corrected chi connectivity index (χ0v) is 16.4. The van der Waals surface area contributed by atoms with Gasteiger partial charge in [-0.15, -0.1) is 0 Å². The first-order valence-electron chi connectivity index (χ1n) is 10.0. The maximum atomic E-state index is 13.9. The predicted molar refractivity (Wildman–Crippen MR) is 103 cm³/mol. The molecule has 1 fully saturated rings. The van der Waals surface area contributed by atoms with Crippen LogP contribution in [0.2, 0.25) is 0 Å². The minimum absolute atomic E-state index is 0.0488. The van der Waals surface area contributed by atoms with E-state index in [4.69, 9.17) is 4.74 Å². The minimum Gasteiger partial charge on any atom is -0.503 e. The smallest absolute Gasteiger partial charge is 0.276 e. The highest BCUT2D eigenvalue weighted by Gasteiger charge is 2.48. The van der Waals surface area contributed by atoms with E-state index in [0.29, 0.717) is 44.2 Å². The number of aromatic nitrogens is 1. The fourth-order valence-corrected chi connectivity index (χ4v) is 4.72. The van der Waals surface area contributed by atoms with Gasteiger partial charge < -0.3 is 24.6 Å². The molecule has 5 rings (SSSR count). The Hall–Kier alpha value is -3.27. The second-order valence-corrected chi connectivity index (χ2v) is 7.86. The molecule has 31 heavy (non-hydrogen) atoms. The van der Waals surface area contributed by atoms with Crippen LogP contribution in [-0.4, -0.2) is 45.8 Å². The molecule has 1 saturated heterocycles. The third-order valence-corrected chi connectivity index (χ3v) is 6.11. The highest BCUT2D eigenvalue weighted by Crippen LogP contribution is 2.41. The van der Waals surface area contributed by atoms with Crippen molar-refractivity contribution in [1.29, 1.82) is 0 Å². The number of rotatable bonds is 3. The second-order valence-electron chi connectivity index (χ2n) is 7.86. The Morgan fingerprint density at radius 1 is 1.29 bits per heavy atom. The number of aromatic hydroxyl groups is 1. The molecule has 0 spiro atoms. The first kappa shape index (κ1) is 19.7. The molecule has 2 atom stereocenters. The first-order valence-corrected chi connectivity index (χ1v) is 10.0. The van der Waals surface area contributed by atoms with E-state index in [9.17, 15) is 28.3 Å². The first-order chi connectivity index (χ1) is 14.9. The van der Waals surface area contributed by atoms with Crippen LogP contribution < -0.4 is 10.7 Å². The number of hydrogen-bond donors (Lipinski definition) is 2. The van der Waals surface area contributed by atoms with Crippen LogP contribution >= 0.6 is 0 Å². The van der Waals surface area contributed by atoms with Gasteiger partial charge in [-0.05, 0) is 25.3 Å². The van der Waals surface area contributed by atoms with Crippen LogP contribution in [0.3, 0.4) is 0 Å². The largest absolute Gasteiger partial charge is 0.503 e. The lowest BCUT2D eigenvalue weighted by Crippen LogP contribution is -2.55. The average molecular weight is 431 g/mol. The van der Waals surface area contributed by atoms with Crippen LogP contribution in [0.15, 0.2) is 23.0 Å². The van der Waals surface area contributed by atoms with Crippen molar-refractivity contribution < 1.29 is 28.2 Å². The van der Waals surface area contributed by atoms with E-state index in [0.717, 1.165) is 6.07 Å². The lowest BCUT2D eigenvalue weighted by molar-refractivity contribution is -0.109. The molecular formula is C21H19F2N3O5. The van der Waals surface area contributed by atoms with E-state index < -0.39 is 40.9 Å². The number of fused-ring (bicyclic) bond motifs is 2. The molecular weight excluding hydrogens is 412 g/mol. The van der Waals surface area contributed by atoms with Crippen molar-refractivity contribution >= 4 is 11.8 Å². The highest BCUT2D eigenvalue weighted by molar-refractivity contribution is 6.00. The summed E-state index contributed by atoms with van der Waals surface area (Å²) >= 11 is 0. The molecule has 0 saturated carbocycles. The molecule has 162 valence electrons. The lowest BCUT2D eigenvalue weighted by atomic mass is 10.1. The maximum Gasteiger partial charge on any atom is 0.276 e. The van der Waals surface area contributed by atoms with Gasteiger partial charge in [0.1, 0.15) is 17.2 Å². The van der Waals surface area contributed by atoms with E-state index in [1.165, 1.54) is 11.0 Å². The topological polar surface area (TPSA) is 101 Å². The number of nitrogens with one attached hydrogen (secondary N) is 1. The Kier molecular flexibility index (Phi) is 4.54. The molecule has 3 aliphatic rings. The number of hydrogen-bond acceptors (Lipinski definition) is 5. The predicted octanol–water partition coefficient (Wildman–Crippen LogP) is 1.45. The van der Waals surface area contributed by atoms with Gasteiger partial charge in [-0.3, -0.25) is 14.4 Å². The number of amides is 2. The lowest BCUT2D eigenvalue weighted by Gasteiger charge is -2.44. The third-order valence-electron chi connectivity index (χ3n) is 6.11. The Morgan fingerprint density at radius 2 is 2.10 bits per heavy atom. The fourth-order valence-electron chi connectivity index (χ4n) is 4.72. The molecule has 2 aromatic rings. The number of nitrogens with zero attached hydrogens (tertiary/aromatic N) is 2. The summed E-state index contributed by atoms with van der Waals surface area (Å²) in [5.74, 6) is -3.64. The van der Waals surface area contributed by atoms with Gasteiger partial charge in [-0.25, -0.2) is 8.78 Å². The van der Waals surface area contributed by atoms with Crippen molar-refractivity contribution in [3.05, 3.63) is 62.6 Å². The molecule has 2 amide bonds. The number of carbonyl (C=O) groups is 2. The summed E-state index contributed by atoms with van der Waals surface area (Å²) in [4.78, 5) is 40.2. The summed E-state index contributed by atoms with van der Waals surface area (Å²) in [5, 5.41) is 13.0. The van der Waals surface area contributed by atoms with Crippen LogP contribution in [-0.2, 0) is 17.7 Å². The molecule has 2 N–H and O–H groups in total. The Morgan fingerprint density at radius 3 is 2.87 bits per heavy atom. The fraction of sp³-hybridized carbons (Fsp3) is 0.381. The van der Waals surface area contributed by atoms with Crippen LogP contribution in [0.25, 0.3) is 0 Å². The summed E-state index contributed by atoms with van der Waals surface area (Å²) in [6.07, 6.45) is 1.04. The number of benzene rings is 1. The SMILES string of the molecule is O=C(NCc1ccc(F)cc1F)c1c2n3c(c(O)c1=O)C(=O)N1CCCOC1C3CC2. The van der Waals surface area contributed by atoms with Crippen molar-refractivity contribution in [2.24, 2.45) is 0 Å². The quantitative estimate of drug-likeness (QED) is 0.766. The van der Waals surface area contributed by atoms with Crippen LogP contribution in [0.1, 0.15) is 51.0 Å². The number of ether oxygens (including phenoxy) is 1. The molecule has 2 unspecified atom stereocenters. The number of halogens is 2. The van der Waals surface area contributed by atoms with E-state index in [2.05, 4.69) is 5.32 Å². The standard InChI is InChI=1S/C21H19F2N3O5/c22-11-3-2-10(12(23)8-11)9-24-19(29)15-13-4-5-14-21-25(6-1-7-31-21)20(30)16(26(13)14)18(28)17(15)27/h2-3,8,14,21,28H,1,4-7,9H2,(H,24,29). The second kappa shape index (κ2) is 7.16. The Bertz CT molecular complexity index is 1180. The molecule has 0 aliphatic carbocycles.